The van der Waals surface area contributed by atoms with Gasteiger partial charge in [0.1, 0.15) is 11.6 Å². The van der Waals surface area contributed by atoms with Gasteiger partial charge in [0, 0.05) is 6.54 Å². The highest BCUT2D eigenvalue weighted by Gasteiger charge is 2.35. The second kappa shape index (κ2) is 11.4. The molecule has 0 saturated carbocycles. The molecule has 210 valence electrons. The lowest BCUT2D eigenvalue weighted by Crippen LogP contribution is -2.39. The van der Waals surface area contributed by atoms with Crippen LogP contribution in [0.5, 0.6) is 0 Å². The number of benzene rings is 4. The molecule has 0 aliphatic rings. The minimum absolute atomic E-state index is 0.159. The minimum atomic E-state index is -4.05. The number of nitrogens with zero attached hydrogens (tertiary/aromatic N) is 3. The number of para-hydroxylation sites is 1. The Hall–Kier alpha value is -4.14. The SMILES string of the molecule is Cc1cc(C)c(S(=O)(=O)N(CCc2ccccc2)C(C)c2nc3ccccc3c(=O)n2-c2ccc(F)cc2)c(C)c1. The van der Waals surface area contributed by atoms with Gasteiger partial charge in [-0.3, -0.25) is 9.36 Å². The molecule has 41 heavy (non-hydrogen) atoms. The van der Waals surface area contributed by atoms with Crippen LogP contribution in [0.3, 0.4) is 0 Å². The highest BCUT2D eigenvalue weighted by molar-refractivity contribution is 7.89. The van der Waals surface area contributed by atoms with Gasteiger partial charge in [0.2, 0.25) is 10.0 Å². The summed E-state index contributed by atoms with van der Waals surface area (Å²) in [7, 11) is -4.05. The Morgan fingerprint density at radius 2 is 1.49 bits per heavy atom. The number of rotatable bonds is 8. The zero-order chi connectivity index (χ0) is 29.3. The van der Waals surface area contributed by atoms with E-state index in [1.54, 1.807) is 45.0 Å². The van der Waals surface area contributed by atoms with Crippen molar-refractivity contribution < 1.29 is 12.8 Å². The van der Waals surface area contributed by atoms with Crippen LogP contribution in [0.2, 0.25) is 0 Å². The van der Waals surface area contributed by atoms with Crippen molar-refractivity contribution in [3.63, 3.8) is 0 Å². The van der Waals surface area contributed by atoms with Crippen LogP contribution in [-0.2, 0) is 16.4 Å². The predicted octanol–water partition coefficient (Wildman–Crippen LogP) is 6.44. The van der Waals surface area contributed by atoms with E-state index < -0.39 is 21.9 Å². The lowest BCUT2D eigenvalue weighted by atomic mass is 10.1. The summed E-state index contributed by atoms with van der Waals surface area (Å²) in [6, 6.07) is 25.1. The van der Waals surface area contributed by atoms with Gasteiger partial charge in [0.15, 0.2) is 0 Å². The maximum absolute atomic E-state index is 14.5. The van der Waals surface area contributed by atoms with E-state index in [1.165, 1.54) is 33.1 Å². The van der Waals surface area contributed by atoms with Crippen LogP contribution in [0.4, 0.5) is 4.39 Å². The lowest BCUT2D eigenvalue weighted by molar-refractivity contribution is 0.329. The number of fused-ring (bicyclic) bond motifs is 1. The Labute approximate surface area is 239 Å². The van der Waals surface area contributed by atoms with Crippen molar-refractivity contribution in [1.82, 2.24) is 13.9 Å². The van der Waals surface area contributed by atoms with Crippen molar-refractivity contribution in [3.05, 3.63) is 135 Å². The summed E-state index contributed by atoms with van der Waals surface area (Å²) in [6.45, 7) is 7.45. The quantitative estimate of drug-likeness (QED) is 0.216. The molecular weight excluding hydrogens is 537 g/mol. The molecule has 1 aromatic heterocycles. The van der Waals surface area contributed by atoms with E-state index >= 15 is 0 Å². The highest BCUT2D eigenvalue weighted by Crippen LogP contribution is 2.32. The maximum Gasteiger partial charge on any atom is 0.266 e. The van der Waals surface area contributed by atoms with Crippen molar-refractivity contribution in [2.75, 3.05) is 6.54 Å². The number of aromatic nitrogens is 2. The first-order valence-corrected chi connectivity index (χ1v) is 14.9. The van der Waals surface area contributed by atoms with Crippen LogP contribution in [0.15, 0.2) is 101 Å². The molecule has 0 amide bonds. The van der Waals surface area contributed by atoms with Crippen molar-refractivity contribution in [2.45, 2.75) is 45.1 Å². The molecule has 4 aromatic carbocycles. The number of sulfonamides is 1. The summed E-state index contributed by atoms with van der Waals surface area (Å²) in [6.07, 6.45) is 0.461. The molecule has 0 aliphatic heterocycles. The first-order chi connectivity index (χ1) is 19.6. The monoisotopic (exact) mass is 569 g/mol. The minimum Gasteiger partial charge on any atom is -0.268 e. The van der Waals surface area contributed by atoms with Gasteiger partial charge >= 0.3 is 0 Å². The van der Waals surface area contributed by atoms with Gasteiger partial charge < -0.3 is 0 Å². The Kier molecular flexibility index (Phi) is 7.89. The summed E-state index contributed by atoms with van der Waals surface area (Å²) in [5.74, 6) is -0.193. The number of hydrogen-bond acceptors (Lipinski definition) is 4. The summed E-state index contributed by atoms with van der Waals surface area (Å²) in [5.41, 5.74) is 3.78. The third-order valence-electron chi connectivity index (χ3n) is 7.33. The Balaban J connectivity index is 1.73. The largest absolute Gasteiger partial charge is 0.268 e. The predicted molar refractivity (Wildman–Crippen MR) is 160 cm³/mol. The van der Waals surface area contributed by atoms with Crippen molar-refractivity contribution in [3.8, 4) is 5.69 Å². The molecule has 1 atom stereocenters. The number of aryl methyl sites for hydroxylation is 3. The van der Waals surface area contributed by atoms with Gasteiger partial charge in [-0.2, -0.15) is 4.31 Å². The molecular formula is C33H32FN3O3S. The van der Waals surface area contributed by atoms with Crippen molar-refractivity contribution in [1.29, 1.82) is 0 Å². The summed E-state index contributed by atoms with van der Waals surface area (Å²) in [4.78, 5) is 19.0. The fourth-order valence-corrected chi connectivity index (χ4v) is 7.50. The van der Waals surface area contributed by atoms with E-state index in [2.05, 4.69) is 0 Å². The number of hydrogen-bond donors (Lipinski definition) is 0. The van der Waals surface area contributed by atoms with E-state index in [-0.39, 0.29) is 22.8 Å². The van der Waals surface area contributed by atoms with E-state index in [0.717, 1.165) is 11.1 Å². The zero-order valence-electron chi connectivity index (χ0n) is 23.5. The smallest absolute Gasteiger partial charge is 0.266 e. The first-order valence-electron chi connectivity index (χ1n) is 13.5. The van der Waals surface area contributed by atoms with Crippen LogP contribution in [0.1, 0.15) is 41.0 Å². The fraction of sp³-hybridized carbons (Fsp3) is 0.212. The molecule has 0 fully saturated rings. The van der Waals surface area contributed by atoms with Crippen molar-refractivity contribution in [2.24, 2.45) is 0 Å². The molecule has 0 spiro atoms. The average Bonchev–Trinajstić information content (AvgIpc) is 2.93. The van der Waals surface area contributed by atoms with Crippen LogP contribution in [-0.4, -0.2) is 28.8 Å². The molecule has 5 aromatic rings. The Morgan fingerprint density at radius 3 is 2.15 bits per heavy atom. The fourth-order valence-electron chi connectivity index (χ4n) is 5.50. The highest BCUT2D eigenvalue weighted by atomic mass is 32.2. The molecule has 0 saturated heterocycles. The van der Waals surface area contributed by atoms with Gasteiger partial charge in [-0.05, 0) is 87.2 Å². The van der Waals surface area contributed by atoms with E-state index in [1.807, 2.05) is 49.4 Å². The molecule has 1 unspecified atom stereocenters. The lowest BCUT2D eigenvalue weighted by Gasteiger charge is -2.31. The van der Waals surface area contributed by atoms with Gasteiger partial charge in [0.05, 0.1) is 27.5 Å². The third-order valence-corrected chi connectivity index (χ3v) is 9.60. The van der Waals surface area contributed by atoms with Crippen LogP contribution in [0.25, 0.3) is 16.6 Å². The summed E-state index contributed by atoms with van der Waals surface area (Å²) >= 11 is 0. The molecule has 5 rings (SSSR count). The second-order valence-corrected chi connectivity index (χ2v) is 12.2. The normalized spacial score (nSPS) is 12.6. The van der Waals surface area contributed by atoms with Crippen molar-refractivity contribution >= 4 is 20.9 Å². The Morgan fingerprint density at radius 1 is 0.878 bits per heavy atom. The van der Waals surface area contributed by atoms with Crippen LogP contribution in [0, 0.1) is 26.6 Å². The summed E-state index contributed by atoms with van der Waals surface area (Å²) in [5, 5.41) is 0.386. The second-order valence-electron chi connectivity index (χ2n) is 10.4. The van der Waals surface area contributed by atoms with Gasteiger partial charge in [-0.25, -0.2) is 17.8 Å². The van der Waals surface area contributed by atoms with Gasteiger partial charge in [0.25, 0.3) is 5.56 Å². The molecule has 6 nitrogen and oxygen atoms in total. The third kappa shape index (κ3) is 5.58. The van der Waals surface area contributed by atoms with Gasteiger partial charge in [-0.15, -0.1) is 0 Å². The van der Waals surface area contributed by atoms with Crippen LogP contribution >= 0.6 is 0 Å². The van der Waals surface area contributed by atoms with E-state index in [4.69, 9.17) is 4.98 Å². The summed E-state index contributed by atoms with van der Waals surface area (Å²) < 4.78 is 45.7. The average molecular weight is 570 g/mol. The molecule has 0 N–H and O–H groups in total. The molecule has 0 aliphatic carbocycles. The number of halogens is 1. The topological polar surface area (TPSA) is 72.3 Å². The van der Waals surface area contributed by atoms with E-state index in [9.17, 15) is 17.6 Å². The maximum atomic E-state index is 14.5. The molecule has 0 radical (unpaired) electrons. The van der Waals surface area contributed by atoms with Crippen LogP contribution < -0.4 is 5.56 Å². The molecule has 0 bridgehead atoms. The first kappa shape index (κ1) is 28.4. The van der Waals surface area contributed by atoms with E-state index in [0.29, 0.717) is 34.1 Å². The molecule has 8 heteroatoms. The van der Waals surface area contributed by atoms with Gasteiger partial charge in [-0.1, -0.05) is 60.2 Å². The standard InChI is InChI=1S/C33H32FN3O3S/c1-22-20-23(2)31(24(3)21-22)41(39,40)36(19-18-26-10-6-5-7-11-26)25(4)32-35-30-13-9-8-12-29(30)33(38)37(32)28-16-14-27(34)15-17-28/h5-17,20-21,25H,18-19H2,1-4H3. The zero-order valence-corrected chi connectivity index (χ0v) is 24.3. The Bertz CT molecular complexity index is 1860. The molecule has 1 heterocycles.